The number of hydrogen-bond donors (Lipinski definition) is 0. The van der Waals surface area contributed by atoms with E-state index in [0.29, 0.717) is 5.92 Å². The summed E-state index contributed by atoms with van der Waals surface area (Å²) in [5, 5.41) is 0. The van der Waals surface area contributed by atoms with Crippen LogP contribution in [0.5, 0.6) is 5.75 Å². The maximum atomic E-state index is 13.4. The molecule has 1 amide bonds. The number of rotatable bonds is 5. The van der Waals surface area contributed by atoms with Crippen molar-refractivity contribution in [3.8, 4) is 5.75 Å². The van der Waals surface area contributed by atoms with Gasteiger partial charge in [-0.15, -0.1) is 0 Å². The van der Waals surface area contributed by atoms with Gasteiger partial charge < -0.3 is 14.5 Å². The van der Waals surface area contributed by atoms with Crippen LogP contribution < -0.4 is 4.74 Å². The Labute approximate surface area is 143 Å². The van der Waals surface area contributed by atoms with Crippen molar-refractivity contribution in [2.45, 2.75) is 26.3 Å². The molecule has 2 unspecified atom stereocenters. The van der Waals surface area contributed by atoms with E-state index in [0.717, 1.165) is 31.6 Å². The molecule has 1 aliphatic rings. The van der Waals surface area contributed by atoms with Crippen molar-refractivity contribution in [2.75, 3.05) is 33.8 Å². The van der Waals surface area contributed by atoms with E-state index in [2.05, 4.69) is 18.7 Å². The van der Waals surface area contributed by atoms with Crippen molar-refractivity contribution in [1.29, 1.82) is 0 Å². The molecule has 4 nitrogen and oxygen atoms in total. The van der Waals surface area contributed by atoms with E-state index in [4.69, 9.17) is 4.74 Å². The average Bonchev–Trinajstić information content (AvgIpc) is 2.59. The molecule has 1 heterocycles. The Bertz CT molecular complexity index is 603. The molecule has 0 bridgehead atoms. The van der Waals surface area contributed by atoms with Crippen molar-refractivity contribution in [1.82, 2.24) is 9.80 Å². The molecule has 0 spiro atoms. The summed E-state index contributed by atoms with van der Waals surface area (Å²) < 4.78 is 18.4. The van der Waals surface area contributed by atoms with Gasteiger partial charge >= 0.3 is 0 Å². The van der Waals surface area contributed by atoms with Crippen LogP contribution in [0.4, 0.5) is 4.39 Å². The van der Waals surface area contributed by atoms with E-state index in [1.54, 1.807) is 24.3 Å². The highest BCUT2D eigenvalue weighted by atomic mass is 19.1. The first-order valence-electron chi connectivity index (χ1n) is 8.47. The molecule has 0 aliphatic carbocycles. The number of halogens is 1. The third-order valence-corrected chi connectivity index (χ3v) is 4.83. The molecule has 132 valence electrons. The van der Waals surface area contributed by atoms with Crippen molar-refractivity contribution < 1.29 is 13.9 Å². The van der Waals surface area contributed by atoms with Gasteiger partial charge in [-0.1, -0.05) is 19.9 Å². The Hall–Kier alpha value is -1.88. The largest absolute Gasteiger partial charge is 0.494 e. The van der Waals surface area contributed by atoms with Crippen LogP contribution in [0.3, 0.4) is 0 Å². The number of benzene rings is 1. The molecular weight excluding hydrogens is 307 g/mol. The lowest BCUT2D eigenvalue weighted by molar-refractivity contribution is -0.128. The fourth-order valence-corrected chi connectivity index (χ4v) is 3.31. The van der Waals surface area contributed by atoms with E-state index in [9.17, 15) is 9.18 Å². The second kappa shape index (κ2) is 8.29. The maximum absolute atomic E-state index is 13.4. The van der Waals surface area contributed by atoms with E-state index in [-0.39, 0.29) is 17.7 Å². The van der Waals surface area contributed by atoms with Crippen LogP contribution in [0.25, 0.3) is 6.08 Å². The SMILES string of the molecule is CCN1CCC(N(C)C(=O)/C=C/c2ccc(F)c(OC)c2)C(C)C1. The summed E-state index contributed by atoms with van der Waals surface area (Å²) in [6, 6.07) is 4.81. The number of nitrogens with zero attached hydrogens (tertiary/aromatic N) is 2. The van der Waals surface area contributed by atoms with Gasteiger partial charge in [0, 0.05) is 32.3 Å². The molecular formula is C19H27FN2O2. The van der Waals surface area contributed by atoms with Crippen molar-refractivity contribution in [3.63, 3.8) is 0 Å². The fraction of sp³-hybridized carbons (Fsp3) is 0.526. The molecule has 0 saturated carbocycles. The summed E-state index contributed by atoms with van der Waals surface area (Å²) in [6.45, 7) is 7.48. The molecule has 2 atom stereocenters. The van der Waals surface area contributed by atoms with Gasteiger partial charge in [0.1, 0.15) is 0 Å². The highest BCUT2D eigenvalue weighted by molar-refractivity contribution is 5.91. The second-order valence-electron chi connectivity index (χ2n) is 6.40. The number of piperidine rings is 1. The van der Waals surface area contributed by atoms with Crippen molar-refractivity contribution in [2.24, 2.45) is 5.92 Å². The van der Waals surface area contributed by atoms with E-state index < -0.39 is 5.82 Å². The molecule has 0 N–H and O–H groups in total. The first-order valence-corrected chi connectivity index (χ1v) is 8.47. The van der Waals surface area contributed by atoms with Crippen LogP contribution in [-0.2, 0) is 4.79 Å². The lowest BCUT2D eigenvalue weighted by Crippen LogP contribution is -2.50. The van der Waals surface area contributed by atoms with Gasteiger partial charge in [0.15, 0.2) is 11.6 Å². The van der Waals surface area contributed by atoms with Crippen LogP contribution >= 0.6 is 0 Å². The molecule has 1 aromatic rings. The quantitative estimate of drug-likeness (QED) is 0.776. The molecule has 0 aromatic heterocycles. The summed E-state index contributed by atoms with van der Waals surface area (Å²) >= 11 is 0. The number of methoxy groups -OCH3 is 1. The monoisotopic (exact) mass is 334 g/mol. The zero-order chi connectivity index (χ0) is 17.7. The highest BCUT2D eigenvalue weighted by Crippen LogP contribution is 2.22. The smallest absolute Gasteiger partial charge is 0.246 e. The maximum Gasteiger partial charge on any atom is 0.246 e. The molecule has 24 heavy (non-hydrogen) atoms. The third kappa shape index (κ3) is 4.35. The molecule has 2 rings (SSSR count). The number of likely N-dealkylation sites (N-methyl/N-ethyl adjacent to an activating group) is 1. The van der Waals surface area contributed by atoms with E-state index >= 15 is 0 Å². The summed E-state index contributed by atoms with van der Waals surface area (Å²) in [5.41, 5.74) is 0.740. The topological polar surface area (TPSA) is 32.8 Å². The van der Waals surface area contributed by atoms with Crippen LogP contribution in [0.15, 0.2) is 24.3 Å². The number of amides is 1. The first kappa shape index (κ1) is 18.5. The minimum Gasteiger partial charge on any atom is -0.494 e. The van der Waals surface area contributed by atoms with Gasteiger partial charge in [0.25, 0.3) is 0 Å². The van der Waals surface area contributed by atoms with Crippen LogP contribution in [0, 0.1) is 11.7 Å². The molecule has 5 heteroatoms. The normalized spacial score (nSPS) is 21.9. The van der Waals surface area contributed by atoms with E-state index in [1.807, 2.05) is 11.9 Å². The lowest BCUT2D eigenvalue weighted by Gasteiger charge is -2.40. The third-order valence-electron chi connectivity index (χ3n) is 4.83. The van der Waals surface area contributed by atoms with Crippen molar-refractivity contribution in [3.05, 3.63) is 35.7 Å². The minimum absolute atomic E-state index is 0.0277. The van der Waals surface area contributed by atoms with Crippen LogP contribution in [0.1, 0.15) is 25.8 Å². The molecule has 1 aromatic carbocycles. The Kier molecular flexibility index (Phi) is 6.37. The molecule has 1 fully saturated rings. The number of likely N-dealkylation sites (tertiary alicyclic amines) is 1. The Morgan fingerprint density at radius 2 is 2.25 bits per heavy atom. The highest BCUT2D eigenvalue weighted by Gasteiger charge is 2.29. The number of hydrogen-bond acceptors (Lipinski definition) is 3. The minimum atomic E-state index is -0.408. The first-order chi connectivity index (χ1) is 11.5. The van der Waals surface area contributed by atoms with Crippen LogP contribution in [-0.4, -0.2) is 55.5 Å². The van der Waals surface area contributed by atoms with E-state index in [1.165, 1.54) is 13.2 Å². The Morgan fingerprint density at radius 3 is 2.88 bits per heavy atom. The number of ether oxygens (including phenoxy) is 1. The van der Waals surface area contributed by atoms with Crippen molar-refractivity contribution >= 4 is 12.0 Å². The number of carbonyl (C=O) groups excluding carboxylic acids is 1. The Balaban J connectivity index is 2.01. The average molecular weight is 334 g/mol. The van der Waals surface area contributed by atoms with Gasteiger partial charge in [-0.3, -0.25) is 4.79 Å². The van der Waals surface area contributed by atoms with Gasteiger partial charge in [-0.25, -0.2) is 4.39 Å². The Morgan fingerprint density at radius 1 is 1.50 bits per heavy atom. The summed E-state index contributed by atoms with van der Waals surface area (Å²) in [7, 11) is 3.29. The zero-order valence-electron chi connectivity index (χ0n) is 15.0. The van der Waals surface area contributed by atoms with Gasteiger partial charge in [-0.2, -0.15) is 0 Å². The molecule has 0 radical (unpaired) electrons. The molecule has 1 aliphatic heterocycles. The van der Waals surface area contributed by atoms with Gasteiger partial charge in [0.2, 0.25) is 5.91 Å². The summed E-state index contributed by atoms with van der Waals surface area (Å²) in [4.78, 5) is 16.7. The lowest BCUT2D eigenvalue weighted by atomic mass is 9.92. The second-order valence-corrected chi connectivity index (χ2v) is 6.40. The fourth-order valence-electron chi connectivity index (χ4n) is 3.31. The summed E-state index contributed by atoms with van der Waals surface area (Å²) in [6.07, 6.45) is 4.24. The molecule has 1 saturated heterocycles. The number of carbonyl (C=O) groups is 1. The predicted octanol–water partition coefficient (Wildman–Crippen LogP) is 3.04. The predicted molar refractivity (Wildman–Crippen MR) is 94.4 cm³/mol. The van der Waals surface area contributed by atoms with Crippen LogP contribution in [0.2, 0.25) is 0 Å². The summed E-state index contributed by atoms with van der Waals surface area (Å²) in [5.74, 6) is 0.195. The standard InChI is InChI=1S/C19H27FN2O2/c1-5-22-11-10-17(14(2)13-22)21(3)19(23)9-7-15-6-8-16(20)18(12-15)24-4/h6-9,12,14,17H,5,10-11,13H2,1-4H3/b9-7+. The zero-order valence-corrected chi connectivity index (χ0v) is 15.0. The van der Waals surface area contributed by atoms with Gasteiger partial charge in [-0.05, 0) is 42.7 Å². The van der Waals surface area contributed by atoms with Gasteiger partial charge in [0.05, 0.1) is 7.11 Å².